The predicted molar refractivity (Wildman–Crippen MR) is 217 cm³/mol. The first-order valence-corrected chi connectivity index (χ1v) is 17.7. The van der Waals surface area contributed by atoms with Gasteiger partial charge in [-0.15, -0.1) is 32.4 Å². The number of thiol groups is 1. The van der Waals surface area contributed by atoms with Gasteiger partial charge in [0.1, 0.15) is 0 Å². The minimum atomic E-state index is 0.532. The lowest BCUT2D eigenvalue weighted by atomic mass is 9.86. The molecule has 3 rings (SSSR count). The summed E-state index contributed by atoms with van der Waals surface area (Å²) in [6.45, 7) is 32.9. The van der Waals surface area contributed by atoms with Crippen molar-refractivity contribution in [3.63, 3.8) is 0 Å². The lowest BCUT2D eigenvalue weighted by molar-refractivity contribution is 0.588. The zero-order valence-electron chi connectivity index (χ0n) is 31.1. The third-order valence-electron chi connectivity index (χ3n) is 8.20. The number of allylic oxidation sites excluding steroid dienone is 12. The van der Waals surface area contributed by atoms with Crippen molar-refractivity contribution in [3.05, 3.63) is 166 Å². The first-order chi connectivity index (χ1) is 22.2. The fourth-order valence-corrected chi connectivity index (χ4v) is 5.49. The summed E-state index contributed by atoms with van der Waals surface area (Å²) in [6, 6.07) is 17.7. The van der Waals surface area contributed by atoms with E-state index in [9.17, 15) is 0 Å². The van der Waals surface area contributed by atoms with E-state index in [4.69, 9.17) is 0 Å². The third kappa shape index (κ3) is 19.9. The Kier molecular flexibility index (Phi) is 20.5. The smallest absolute Gasteiger partial charge is 0.00258 e. The minimum absolute atomic E-state index is 0.532. The maximum atomic E-state index is 4.37. The van der Waals surface area contributed by atoms with Crippen LogP contribution in [-0.2, 0) is 12.8 Å². The van der Waals surface area contributed by atoms with E-state index >= 15 is 0 Å². The molecule has 0 aliphatic heterocycles. The quantitative estimate of drug-likeness (QED) is 0.118. The summed E-state index contributed by atoms with van der Waals surface area (Å²) in [7, 11) is 0. The fraction of sp³-hybridized carbons (Fsp3) is 0.391. The molecule has 0 saturated carbocycles. The van der Waals surface area contributed by atoms with Crippen LogP contribution in [0.5, 0.6) is 0 Å². The van der Waals surface area contributed by atoms with Gasteiger partial charge < -0.3 is 0 Å². The van der Waals surface area contributed by atoms with Crippen LogP contribution < -0.4 is 0 Å². The number of aryl methyl sites for hydroxylation is 2. The van der Waals surface area contributed by atoms with Crippen molar-refractivity contribution < 1.29 is 0 Å². The van der Waals surface area contributed by atoms with Crippen molar-refractivity contribution in [1.82, 2.24) is 0 Å². The number of benzene rings is 2. The Hall–Kier alpha value is -3.29. The molecule has 0 amide bonds. The SMILES string of the molecule is C=C(C)CC(CC1=CC=C(S)CC1)C(=C)C.C=CC(CC(=C)C)C/C(C)=C/C=C(C)C.CCc1ccc(Cc2ccc(C)cc2)cc1. The average molecular weight is 649 g/mol. The fourth-order valence-electron chi connectivity index (χ4n) is 5.31. The lowest BCUT2D eigenvalue weighted by Gasteiger charge is -2.20. The van der Waals surface area contributed by atoms with Gasteiger partial charge in [0, 0.05) is 0 Å². The molecule has 0 fully saturated rings. The summed E-state index contributed by atoms with van der Waals surface area (Å²) in [5.74, 6) is 1.09. The highest BCUT2D eigenvalue weighted by Gasteiger charge is 2.14. The van der Waals surface area contributed by atoms with Gasteiger partial charge in [-0.05, 0) is 133 Å². The number of rotatable bonds is 14. The second kappa shape index (κ2) is 23.1. The number of hydrogen-bond acceptors (Lipinski definition) is 1. The van der Waals surface area contributed by atoms with E-state index < -0.39 is 0 Å². The standard InChI is InChI=1S/C16H18.C15H22S.C15H24/c1-3-14-8-10-16(11-9-14)12-15-6-4-13(2)5-7-15;1-11(2)9-14(12(3)4)10-13-5-7-15(16)8-6-13;1-7-15(10-13(4)5)11-14(6)9-8-12(2)3/h4-11H,3,12H2,1-2H3;5,7,14,16H,1,3,6,8-10H2,2,4H3;7-9,15H,1,4,10-11H2,2-3,5-6H3/b;;14-9+. The van der Waals surface area contributed by atoms with Crippen LogP contribution in [0.1, 0.15) is 109 Å². The molecule has 2 aromatic carbocycles. The van der Waals surface area contributed by atoms with Gasteiger partial charge in [0.2, 0.25) is 0 Å². The Labute approximate surface area is 296 Å². The van der Waals surface area contributed by atoms with E-state index in [0.717, 1.165) is 51.4 Å². The highest BCUT2D eigenvalue weighted by molar-refractivity contribution is 7.84. The molecule has 1 aliphatic rings. The average Bonchev–Trinajstić information content (AvgIpc) is 3.02. The van der Waals surface area contributed by atoms with E-state index in [1.807, 2.05) is 6.08 Å². The van der Waals surface area contributed by atoms with Gasteiger partial charge in [-0.2, -0.15) is 0 Å². The maximum Gasteiger partial charge on any atom is -0.00258 e. The third-order valence-corrected chi connectivity index (χ3v) is 8.58. The first kappa shape index (κ1) is 41.7. The molecule has 254 valence electrons. The zero-order chi connectivity index (χ0) is 35.4. The van der Waals surface area contributed by atoms with E-state index in [1.54, 1.807) is 0 Å². The minimum Gasteiger partial charge on any atom is -0.148 e. The highest BCUT2D eigenvalue weighted by atomic mass is 32.1. The summed E-state index contributed by atoms with van der Waals surface area (Å²) in [5, 5.41) is 0. The first-order valence-electron chi connectivity index (χ1n) is 17.3. The van der Waals surface area contributed by atoms with Crippen molar-refractivity contribution in [2.75, 3.05) is 0 Å². The molecule has 0 radical (unpaired) electrons. The lowest BCUT2D eigenvalue weighted by Crippen LogP contribution is -2.05. The van der Waals surface area contributed by atoms with Crippen LogP contribution in [0.4, 0.5) is 0 Å². The van der Waals surface area contributed by atoms with E-state index in [0.29, 0.717) is 11.8 Å². The van der Waals surface area contributed by atoms with Gasteiger partial charge in [-0.1, -0.05) is 131 Å². The molecule has 1 aliphatic carbocycles. The topological polar surface area (TPSA) is 0 Å². The van der Waals surface area contributed by atoms with E-state index in [1.165, 1.54) is 60.6 Å². The molecule has 0 bridgehead atoms. The van der Waals surface area contributed by atoms with Crippen molar-refractivity contribution in [3.8, 4) is 0 Å². The van der Waals surface area contributed by atoms with Crippen molar-refractivity contribution in [2.45, 2.75) is 107 Å². The monoisotopic (exact) mass is 648 g/mol. The van der Waals surface area contributed by atoms with Crippen LogP contribution in [0.3, 0.4) is 0 Å². The van der Waals surface area contributed by atoms with Crippen LogP contribution in [0.25, 0.3) is 0 Å². The second-order valence-electron chi connectivity index (χ2n) is 13.8. The molecule has 2 atom stereocenters. The Morgan fingerprint density at radius 2 is 1.30 bits per heavy atom. The summed E-state index contributed by atoms with van der Waals surface area (Å²) in [5.41, 5.74) is 13.5. The summed E-state index contributed by atoms with van der Waals surface area (Å²) in [4.78, 5) is 1.19. The largest absolute Gasteiger partial charge is 0.148 e. The zero-order valence-corrected chi connectivity index (χ0v) is 32.0. The van der Waals surface area contributed by atoms with Crippen LogP contribution in [0, 0.1) is 18.8 Å². The van der Waals surface area contributed by atoms with Gasteiger partial charge in [0.15, 0.2) is 0 Å². The molecule has 2 aromatic rings. The maximum absolute atomic E-state index is 4.37. The molecule has 0 aromatic heterocycles. The molecule has 0 heterocycles. The van der Waals surface area contributed by atoms with Gasteiger partial charge >= 0.3 is 0 Å². The van der Waals surface area contributed by atoms with Crippen LogP contribution in [0.15, 0.2) is 144 Å². The summed E-state index contributed by atoms with van der Waals surface area (Å²) >= 11 is 4.37. The Balaban J connectivity index is 0.000000353. The van der Waals surface area contributed by atoms with Crippen molar-refractivity contribution in [1.29, 1.82) is 0 Å². The molecule has 2 unspecified atom stereocenters. The van der Waals surface area contributed by atoms with Crippen LogP contribution in [0.2, 0.25) is 0 Å². The molecule has 0 spiro atoms. The molecule has 1 heteroatoms. The molecular weight excluding hydrogens is 585 g/mol. The van der Waals surface area contributed by atoms with Crippen LogP contribution >= 0.6 is 12.6 Å². The van der Waals surface area contributed by atoms with Crippen molar-refractivity contribution in [2.24, 2.45) is 11.8 Å². The van der Waals surface area contributed by atoms with Gasteiger partial charge in [-0.25, -0.2) is 0 Å². The Bertz CT molecular complexity index is 1400. The van der Waals surface area contributed by atoms with Gasteiger partial charge in [0.25, 0.3) is 0 Å². The van der Waals surface area contributed by atoms with E-state index in [2.05, 4.69) is 167 Å². The van der Waals surface area contributed by atoms with E-state index in [-0.39, 0.29) is 0 Å². The number of hydrogen-bond donors (Lipinski definition) is 1. The van der Waals surface area contributed by atoms with Gasteiger partial charge in [0.05, 0.1) is 0 Å². The Morgan fingerprint density at radius 3 is 1.74 bits per heavy atom. The van der Waals surface area contributed by atoms with Gasteiger partial charge in [-0.3, -0.25) is 0 Å². The van der Waals surface area contributed by atoms with Crippen molar-refractivity contribution >= 4 is 12.6 Å². The summed E-state index contributed by atoms with van der Waals surface area (Å²) < 4.78 is 0. The molecule has 0 nitrogen and oxygen atoms in total. The highest BCUT2D eigenvalue weighted by Crippen LogP contribution is 2.30. The molecular formula is C46H64S. The molecule has 47 heavy (non-hydrogen) atoms. The summed E-state index contributed by atoms with van der Waals surface area (Å²) in [6.07, 6.45) is 19.4. The normalized spacial score (nSPS) is 13.7. The predicted octanol–water partition coefficient (Wildman–Crippen LogP) is 14.3. The second-order valence-corrected chi connectivity index (χ2v) is 14.4. The molecule has 0 N–H and O–H groups in total. The van der Waals surface area contributed by atoms with Crippen LogP contribution in [-0.4, -0.2) is 0 Å². The molecule has 0 saturated heterocycles. The Morgan fingerprint density at radius 1 is 0.745 bits per heavy atom.